The summed E-state index contributed by atoms with van der Waals surface area (Å²) in [6.07, 6.45) is 0. The largest absolute Gasteiger partial charge is 0.504 e. The van der Waals surface area contributed by atoms with E-state index in [0.717, 1.165) is 12.1 Å². The summed E-state index contributed by atoms with van der Waals surface area (Å²) in [7, 11) is 0. The van der Waals surface area contributed by atoms with Crippen LogP contribution in [0.3, 0.4) is 0 Å². The molecule has 1 aromatic carbocycles. The number of carbonyl (C=O) groups is 1. The highest BCUT2D eigenvalue weighted by molar-refractivity contribution is 5.91. The molecule has 11 heavy (non-hydrogen) atoms. The molecule has 0 unspecified atom stereocenters. The van der Waals surface area contributed by atoms with Crippen LogP contribution in [0.5, 0.6) is 11.5 Å². The van der Waals surface area contributed by atoms with Crippen LogP contribution in [-0.4, -0.2) is 21.3 Å². The Morgan fingerprint density at radius 2 is 2.00 bits per heavy atom. The molecule has 0 aliphatic heterocycles. The van der Waals surface area contributed by atoms with E-state index in [9.17, 15) is 4.79 Å². The smallest absolute Gasteiger partial charge is 0.339 e. The van der Waals surface area contributed by atoms with E-state index in [-0.39, 0.29) is 5.56 Å². The third-order valence-electron chi connectivity index (χ3n) is 1.18. The van der Waals surface area contributed by atoms with Crippen LogP contribution < -0.4 is 0 Å². The van der Waals surface area contributed by atoms with Gasteiger partial charge in [-0.15, -0.1) is 0 Å². The molecule has 0 spiro atoms. The second-order valence-corrected chi connectivity index (χ2v) is 1.91. The number of carboxylic acids is 1. The van der Waals surface area contributed by atoms with Crippen LogP contribution in [0.15, 0.2) is 12.1 Å². The Bertz CT molecular complexity index is 292. The van der Waals surface area contributed by atoms with Crippen LogP contribution in [0.4, 0.5) is 0 Å². The molecule has 3 N–H and O–H groups in total. The Balaban J connectivity index is 3.27. The quantitative estimate of drug-likeness (QED) is 0.516. The summed E-state index contributed by atoms with van der Waals surface area (Å²) in [6, 6.07) is 4.53. The Morgan fingerprint density at radius 3 is 2.45 bits per heavy atom. The number of phenolic OH excluding ortho intramolecular Hbond substituents is 1. The Labute approximate surface area is 62.3 Å². The average Bonchev–Trinajstić information content (AvgIpc) is 1.94. The number of hydrogen-bond acceptors (Lipinski definition) is 3. The lowest BCUT2D eigenvalue weighted by Gasteiger charge is -1.99. The van der Waals surface area contributed by atoms with Gasteiger partial charge < -0.3 is 15.3 Å². The molecule has 1 radical (unpaired) electrons. The molecule has 0 saturated heterocycles. The Kier molecular flexibility index (Phi) is 1.68. The van der Waals surface area contributed by atoms with E-state index in [1.807, 2.05) is 0 Å². The molecule has 4 nitrogen and oxygen atoms in total. The van der Waals surface area contributed by atoms with Crippen LogP contribution in [0.1, 0.15) is 10.4 Å². The van der Waals surface area contributed by atoms with E-state index >= 15 is 0 Å². The van der Waals surface area contributed by atoms with Crippen LogP contribution >= 0.6 is 0 Å². The summed E-state index contributed by atoms with van der Waals surface area (Å²) in [4.78, 5) is 10.3. The standard InChI is InChI=1S/C7H5O4/c8-5-3-1-2-4(6(5)9)7(10)11/h2-3,8-9H,(H,10,11). The van der Waals surface area contributed by atoms with Gasteiger partial charge in [-0.05, 0) is 18.2 Å². The van der Waals surface area contributed by atoms with Gasteiger partial charge >= 0.3 is 5.97 Å². The second kappa shape index (κ2) is 2.49. The maximum atomic E-state index is 10.3. The van der Waals surface area contributed by atoms with Crippen molar-refractivity contribution in [2.24, 2.45) is 0 Å². The zero-order valence-electron chi connectivity index (χ0n) is 5.40. The molecule has 0 amide bonds. The topological polar surface area (TPSA) is 77.8 Å². The van der Waals surface area contributed by atoms with Gasteiger partial charge in [0.05, 0.1) is 0 Å². The first kappa shape index (κ1) is 7.40. The first-order chi connectivity index (χ1) is 5.13. The molecule has 0 aliphatic rings. The predicted octanol–water partition coefficient (Wildman–Crippen LogP) is 0.596. The number of aromatic hydroxyl groups is 2. The van der Waals surface area contributed by atoms with Crippen molar-refractivity contribution in [3.8, 4) is 11.5 Å². The fourth-order valence-corrected chi connectivity index (χ4v) is 0.642. The summed E-state index contributed by atoms with van der Waals surface area (Å²) < 4.78 is 0. The van der Waals surface area contributed by atoms with Crippen LogP contribution in [-0.2, 0) is 0 Å². The molecule has 0 bridgehead atoms. The van der Waals surface area contributed by atoms with Crippen molar-refractivity contribution in [2.45, 2.75) is 0 Å². The Morgan fingerprint density at radius 1 is 1.36 bits per heavy atom. The van der Waals surface area contributed by atoms with Gasteiger partial charge in [-0.2, -0.15) is 0 Å². The zero-order valence-corrected chi connectivity index (χ0v) is 5.40. The lowest BCUT2D eigenvalue weighted by molar-refractivity contribution is 0.0693. The van der Waals surface area contributed by atoms with Crippen molar-refractivity contribution in [2.75, 3.05) is 0 Å². The first-order valence-corrected chi connectivity index (χ1v) is 2.78. The SMILES string of the molecule is O=C(O)c1c[c]cc(O)c1O. The molecule has 0 saturated carbocycles. The van der Waals surface area contributed by atoms with Crippen LogP contribution in [0.2, 0.25) is 0 Å². The van der Waals surface area contributed by atoms with Gasteiger partial charge in [-0.25, -0.2) is 4.79 Å². The van der Waals surface area contributed by atoms with E-state index in [0.29, 0.717) is 0 Å². The maximum Gasteiger partial charge on any atom is 0.339 e. The molecule has 57 valence electrons. The fraction of sp³-hybridized carbons (Fsp3) is 0. The Hall–Kier alpha value is -1.71. The maximum absolute atomic E-state index is 10.3. The number of rotatable bonds is 1. The van der Waals surface area contributed by atoms with E-state index in [1.54, 1.807) is 0 Å². The highest BCUT2D eigenvalue weighted by Crippen LogP contribution is 2.27. The molecule has 1 rings (SSSR count). The van der Waals surface area contributed by atoms with Gasteiger partial charge in [0.2, 0.25) is 0 Å². The fourth-order valence-electron chi connectivity index (χ4n) is 0.642. The number of phenols is 2. The molecular formula is C7H5O4. The summed E-state index contributed by atoms with van der Waals surface area (Å²) in [5.74, 6) is -2.41. The van der Waals surface area contributed by atoms with Gasteiger partial charge in [-0.1, -0.05) is 0 Å². The van der Waals surface area contributed by atoms with Gasteiger partial charge in [0.1, 0.15) is 5.56 Å². The van der Waals surface area contributed by atoms with Crippen molar-refractivity contribution < 1.29 is 20.1 Å². The van der Waals surface area contributed by atoms with E-state index in [2.05, 4.69) is 6.07 Å². The van der Waals surface area contributed by atoms with E-state index < -0.39 is 17.5 Å². The number of hydrogen-bond donors (Lipinski definition) is 3. The van der Waals surface area contributed by atoms with Crippen molar-refractivity contribution >= 4 is 5.97 Å². The van der Waals surface area contributed by atoms with Crippen LogP contribution in [0.25, 0.3) is 0 Å². The summed E-state index contributed by atoms with van der Waals surface area (Å²) >= 11 is 0. The predicted molar refractivity (Wildman–Crippen MR) is 35.6 cm³/mol. The summed E-state index contributed by atoms with van der Waals surface area (Å²) in [6.45, 7) is 0. The molecule has 0 aliphatic carbocycles. The van der Waals surface area contributed by atoms with E-state index in [1.165, 1.54) is 0 Å². The monoisotopic (exact) mass is 153 g/mol. The molecule has 4 heteroatoms. The molecule has 0 aromatic heterocycles. The van der Waals surface area contributed by atoms with Crippen molar-refractivity contribution in [3.63, 3.8) is 0 Å². The minimum absolute atomic E-state index is 0.356. The molecule has 0 atom stereocenters. The molecule has 1 aromatic rings. The second-order valence-electron chi connectivity index (χ2n) is 1.91. The number of carboxylic acid groups (broad SMARTS) is 1. The van der Waals surface area contributed by atoms with Gasteiger partial charge in [0, 0.05) is 0 Å². The lowest BCUT2D eigenvalue weighted by atomic mass is 10.2. The third kappa shape index (κ3) is 1.24. The lowest BCUT2D eigenvalue weighted by Crippen LogP contribution is -1.95. The minimum atomic E-state index is -1.30. The van der Waals surface area contributed by atoms with Gasteiger partial charge in [0.25, 0.3) is 0 Å². The third-order valence-corrected chi connectivity index (χ3v) is 1.18. The molecular weight excluding hydrogens is 148 g/mol. The number of benzene rings is 1. The zero-order chi connectivity index (χ0) is 8.43. The molecule has 0 heterocycles. The van der Waals surface area contributed by atoms with Crippen molar-refractivity contribution in [3.05, 3.63) is 23.8 Å². The van der Waals surface area contributed by atoms with Crippen molar-refractivity contribution in [1.29, 1.82) is 0 Å². The highest BCUT2D eigenvalue weighted by Gasteiger charge is 2.11. The molecule has 0 fully saturated rings. The minimum Gasteiger partial charge on any atom is -0.504 e. The van der Waals surface area contributed by atoms with Gasteiger partial charge in [0.15, 0.2) is 11.5 Å². The average molecular weight is 153 g/mol. The first-order valence-electron chi connectivity index (χ1n) is 2.78. The normalized spacial score (nSPS) is 9.45. The summed E-state index contributed by atoms with van der Waals surface area (Å²) in [5, 5.41) is 26.1. The van der Waals surface area contributed by atoms with Crippen LogP contribution in [0, 0.1) is 6.07 Å². The summed E-state index contributed by atoms with van der Waals surface area (Å²) in [5.41, 5.74) is -0.356. The highest BCUT2D eigenvalue weighted by atomic mass is 16.4. The van der Waals surface area contributed by atoms with E-state index in [4.69, 9.17) is 15.3 Å². The number of aromatic carboxylic acids is 1. The van der Waals surface area contributed by atoms with Gasteiger partial charge in [-0.3, -0.25) is 0 Å². The van der Waals surface area contributed by atoms with Crippen molar-refractivity contribution in [1.82, 2.24) is 0 Å².